The maximum atomic E-state index is 5.87. The van der Waals surface area contributed by atoms with Gasteiger partial charge in [0.05, 0.1) is 13.3 Å². The Bertz CT molecular complexity index is 722. The quantitative estimate of drug-likeness (QED) is 0.485. The summed E-state index contributed by atoms with van der Waals surface area (Å²) in [4.78, 5) is 0. The van der Waals surface area contributed by atoms with E-state index in [4.69, 9.17) is 20.9 Å². The lowest BCUT2D eigenvalue weighted by molar-refractivity contribution is 0.284. The Labute approximate surface area is 135 Å². The highest BCUT2D eigenvalue weighted by atomic mass is 16.5. The van der Waals surface area contributed by atoms with Crippen molar-refractivity contribution in [2.75, 3.05) is 7.11 Å². The predicted molar refractivity (Wildman–Crippen MR) is 91.9 cm³/mol. The summed E-state index contributed by atoms with van der Waals surface area (Å²) in [7, 11) is 1.60. The van der Waals surface area contributed by atoms with Crippen LogP contribution in [0.25, 0.3) is 0 Å². The topological polar surface area (TPSA) is 95.2 Å². The first-order valence-electron chi connectivity index (χ1n) is 7.07. The van der Waals surface area contributed by atoms with Crippen LogP contribution in [0.4, 0.5) is 0 Å². The van der Waals surface area contributed by atoms with Crippen LogP contribution in [0.3, 0.4) is 0 Å². The number of aryl methyl sites for hydroxylation is 1. The molecule has 0 saturated carbocycles. The highest BCUT2D eigenvalue weighted by Gasteiger charge is 2.06. The number of rotatable bonds is 6. The van der Waals surface area contributed by atoms with Crippen molar-refractivity contribution in [3.8, 4) is 11.5 Å². The smallest absolute Gasteiger partial charge is 0.211 e. The first-order chi connectivity index (χ1) is 11.1. The van der Waals surface area contributed by atoms with E-state index in [9.17, 15) is 0 Å². The number of guanidine groups is 1. The monoisotopic (exact) mass is 312 g/mol. The molecule has 0 aliphatic carbocycles. The number of nitrogens with two attached hydrogens (primary N) is 2. The van der Waals surface area contributed by atoms with Gasteiger partial charge in [0, 0.05) is 0 Å². The molecule has 0 heterocycles. The van der Waals surface area contributed by atoms with Gasteiger partial charge in [0.2, 0.25) is 5.96 Å². The maximum absolute atomic E-state index is 5.87. The van der Waals surface area contributed by atoms with Crippen molar-refractivity contribution in [3.05, 3.63) is 59.2 Å². The molecule has 4 N–H and O–H groups in total. The maximum Gasteiger partial charge on any atom is 0.211 e. The van der Waals surface area contributed by atoms with Gasteiger partial charge in [0.1, 0.15) is 6.61 Å². The second kappa shape index (κ2) is 7.84. The number of hydrogen-bond acceptors (Lipinski definition) is 4. The third-order valence-electron chi connectivity index (χ3n) is 3.04. The summed E-state index contributed by atoms with van der Waals surface area (Å²) in [6.07, 6.45) is 1.54. The molecule has 0 fully saturated rings. The van der Waals surface area contributed by atoms with Gasteiger partial charge in [-0.1, -0.05) is 29.8 Å². The fraction of sp³-hybridized carbons (Fsp3) is 0.176. The van der Waals surface area contributed by atoms with Gasteiger partial charge in [0.15, 0.2) is 11.5 Å². The van der Waals surface area contributed by atoms with Gasteiger partial charge in [-0.15, -0.1) is 5.10 Å². The lowest BCUT2D eigenvalue weighted by Crippen LogP contribution is -2.21. The molecule has 0 amide bonds. The van der Waals surface area contributed by atoms with E-state index in [0.717, 1.165) is 11.1 Å². The molecule has 2 rings (SSSR count). The predicted octanol–water partition coefficient (Wildman–Crippen LogP) is 2.19. The normalized spacial score (nSPS) is 10.5. The Kier molecular flexibility index (Phi) is 5.57. The SMILES string of the molecule is COc1ccc(C=NN=C(N)N)cc1OCc1cccc(C)c1. The van der Waals surface area contributed by atoms with E-state index in [1.165, 1.54) is 5.56 Å². The second-order valence-corrected chi connectivity index (χ2v) is 4.96. The Morgan fingerprint density at radius 2 is 1.96 bits per heavy atom. The Hall–Kier alpha value is -3.02. The van der Waals surface area contributed by atoms with Gasteiger partial charge in [-0.05, 0) is 36.2 Å². The standard InChI is InChI=1S/C17H20N4O2/c1-12-4-3-5-14(8-12)11-23-16-9-13(6-7-15(16)22-2)10-20-21-17(18)19/h3-10H,11H2,1-2H3,(H4,18,19,21). The van der Waals surface area contributed by atoms with Crippen molar-refractivity contribution in [2.45, 2.75) is 13.5 Å². The molecule has 23 heavy (non-hydrogen) atoms. The van der Waals surface area contributed by atoms with Gasteiger partial charge in [-0.3, -0.25) is 0 Å². The van der Waals surface area contributed by atoms with E-state index < -0.39 is 0 Å². The molecule has 2 aromatic carbocycles. The molecule has 0 aromatic heterocycles. The van der Waals surface area contributed by atoms with Crippen molar-refractivity contribution in [1.29, 1.82) is 0 Å². The van der Waals surface area contributed by atoms with Crippen LogP contribution in [0.15, 0.2) is 52.7 Å². The molecule has 0 aliphatic rings. The summed E-state index contributed by atoms with van der Waals surface area (Å²) in [6.45, 7) is 2.50. The Morgan fingerprint density at radius 3 is 2.65 bits per heavy atom. The van der Waals surface area contributed by atoms with Crippen LogP contribution in [0, 0.1) is 6.92 Å². The van der Waals surface area contributed by atoms with E-state index in [-0.39, 0.29) is 5.96 Å². The van der Waals surface area contributed by atoms with Crippen molar-refractivity contribution < 1.29 is 9.47 Å². The number of nitrogens with zero attached hydrogens (tertiary/aromatic N) is 2. The average molecular weight is 312 g/mol. The second-order valence-electron chi connectivity index (χ2n) is 4.96. The first-order valence-corrected chi connectivity index (χ1v) is 7.07. The van der Waals surface area contributed by atoms with Gasteiger partial charge < -0.3 is 20.9 Å². The van der Waals surface area contributed by atoms with Gasteiger partial charge in [-0.25, -0.2) is 0 Å². The summed E-state index contributed by atoms with van der Waals surface area (Å²) in [5, 5.41) is 7.35. The summed E-state index contributed by atoms with van der Waals surface area (Å²) in [5.74, 6) is 1.19. The lowest BCUT2D eigenvalue weighted by atomic mass is 10.1. The van der Waals surface area contributed by atoms with Crippen LogP contribution in [-0.2, 0) is 6.61 Å². The fourth-order valence-corrected chi connectivity index (χ4v) is 2.01. The van der Waals surface area contributed by atoms with Gasteiger partial charge in [-0.2, -0.15) is 5.10 Å². The molecular weight excluding hydrogens is 292 g/mol. The van der Waals surface area contributed by atoms with E-state index in [1.807, 2.05) is 43.3 Å². The van der Waals surface area contributed by atoms with Crippen molar-refractivity contribution in [3.63, 3.8) is 0 Å². The van der Waals surface area contributed by atoms with Crippen LogP contribution in [-0.4, -0.2) is 19.3 Å². The van der Waals surface area contributed by atoms with Gasteiger partial charge >= 0.3 is 0 Å². The minimum absolute atomic E-state index is 0.0920. The minimum atomic E-state index is -0.0920. The van der Waals surface area contributed by atoms with Crippen molar-refractivity contribution in [2.24, 2.45) is 21.7 Å². The number of benzene rings is 2. The number of ether oxygens (including phenoxy) is 2. The summed E-state index contributed by atoms with van der Waals surface area (Å²) in [5.41, 5.74) is 13.5. The largest absolute Gasteiger partial charge is 0.493 e. The van der Waals surface area contributed by atoms with Gasteiger partial charge in [0.25, 0.3) is 0 Å². The summed E-state index contributed by atoms with van der Waals surface area (Å²) >= 11 is 0. The van der Waals surface area contributed by atoms with Crippen LogP contribution in [0.2, 0.25) is 0 Å². The fourth-order valence-electron chi connectivity index (χ4n) is 2.01. The van der Waals surface area contributed by atoms with E-state index >= 15 is 0 Å². The zero-order chi connectivity index (χ0) is 16.7. The van der Waals surface area contributed by atoms with Crippen LogP contribution in [0.5, 0.6) is 11.5 Å². The van der Waals surface area contributed by atoms with E-state index in [2.05, 4.69) is 16.3 Å². The Balaban J connectivity index is 2.15. The number of methoxy groups -OCH3 is 1. The molecule has 0 radical (unpaired) electrons. The van der Waals surface area contributed by atoms with Crippen LogP contribution in [0.1, 0.15) is 16.7 Å². The average Bonchev–Trinajstić information content (AvgIpc) is 2.53. The molecule has 0 aliphatic heterocycles. The highest BCUT2D eigenvalue weighted by molar-refractivity contribution is 5.82. The van der Waals surface area contributed by atoms with Crippen LogP contribution >= 0.6 is 0 Å². The summed E-state index contributed by atoms with van der Waals surface area (Å²) in [6, 6.07) is 13.6. The molecule has 6 heteroatoms. The molecular formula is C17H20N4O2. The first kappa shape index (κ1) is 16.4. The molecule has 0 bridgehead atoms. The highest BCUT2D eigenvalue weighted by Crippen LogP contribution is 2.28. The van der Waals surface area contributed by atoms with E-state index in [1.54, 1.807) is 13.3 Å². The Morgan fingerprint density at radius 1 is 1.13 bits per heavy atom. The molecule has 120 valence electrons. The van der Waals surface area contributed by atoms with Crippen molar-refractivity contribution in [1.82, 2.24) is 0 Å². The van der Waals surface area contributed by atoms with Crippen molar-refractivity contribution >= 4 is 12.2 Å². The summed E-state index contributed by atoms with van der Waals surface area (Å²) < 4.78 is 11.2. The zero-order valence-corrected chi connectivity index (χ0v) is 13.2. The lowest BCUT2D eigenvalue weighted by Gasteiger charge is -2.11. The molecule has 6 nitrogen and oxygen atoms in total. The molecule has 0 spiro atoms. The zero-order valence-electron chi connectivity index (χ0n) is 13.2. The molecule has 0 unspecified atom stereocenters. The number of hydrogen-bond donors (Lipinski definition) is 2. The third-order valence-corrected chi connectivity index (χ3v) is 3.04. The third kappa shape index (κ3) is 5.03. The molecule has 0 atom stereocenters. The molecule has 0 saturated heterocycles. The molecule has 2 aromatic rings. The van der Waals surface area contributed by atoms with E-state index in [0.29, 0.717) is 18.1 Å². The van der Waals surface area contributed by atoms with Crippen LogP contribution < -0.4 is 20.9 Å². The minimum Gasteiger partial charge on any atom is -0.493 e.